The second kappa shape index (κ2) is 9.31. The van der Waals surface area contributed by atoms with Crippen LogP contribution in [0.25, 0.3) is 33.0 Å². The standard InChI is InChI=1S/C26H17Br2NO4S2/c27-22-14-24(34-26(22)28)35(32,33)29-19-5-1-4-18(12-19)25-21-9-7-16(11-17(21)8-10-23(25)31)15-3-2-6-20(30)13-15/h1-14,29-31H. The largest absolute Gasteiger partial charge is 0.508 e. The Morgan fingerprint density at radius 2 is 1.51 bits per heavy atom. The fraction of sp³-hybridized carbons (Fsp3) is 0. The number of hydrogen-bond donors (Lipinski definition) is 3. The first-order valence-corrected chi connectivity index (χ1v) is 14.2. The molecule has 176 valence electrons. The van der Waals surface area contributed by atoms with Crippen LogP contribution in [0.15, 0.2) is 97.4 Å². The van der Waals surface area contributed by atoms with Crippen LogP contribution in [0.1, 0.15) is 0 Å². The maximum atomic E-state index is 12.9. The van der Waals surface area contributed by atoms with Crippen LogP contribution in [0.3, 0.4) is 0 Å². The molecule has 3 N–H and O–H groups in total. The first kappa shape index (κ1) is 23.9. The van der Waals surface area contributed by atoms with Crippen LogP contribution in [0.5, 0.6) is 11.5 Å². The molecule has 0 unspecified atom stereocenters. The van der Waals surface area contributed by atoms with E-state index in [1.54, 1.807) is 48.5 Å². The van der Waals surface area contributed by atoms with Crippen molar-refractivity contribution in [2.24, 2.45) is 0 Å². The van der Waals surface area contributed by atoms with Gasteiger partial charge in [-0.3, -0.25) is 4.72 Å². The van der Waals surface area contributed by atoms with Gasteiger partial charge in [-0.2, -0.15) is 0 Å². The number of hydrogen-bond acceptors (Lipinski definition) is 5. The Morgan fingerprint density at radius 3 is 2.26 bits per heavy atom. The lowest BCUT2D eigenvalue weighted by Gasteiger charge is -2.13. The highest BCUT2D eigenvalue weighted by Crippen LogP contribution is 2.40. The molecule has 0 fully saturated rings. The van der Waals surface area contributed by atoms with Gasteiger partial charge in [-0.15, -0.1) is 11.3 Å². The van der Waals surface area contributed by atoms with Gasteiger partial charge < -0.3 is 10.2 Å². The SMILES string of the molecule is O=S(=O)(Nc1cccc(-c2c(O)ccc3cc(-c4cccc(O)c4)ccc23)c1)c1cc(Br)c(Br)s1. The zero-order valence-corrected chi connectivity index (χ0v) is 22.7. The molecule has 9 heteroatoms. The number of fused-ring (bicyclic) bond motifs is 1. The smallest absolute Gasteiger partial charge is 0.271 e. The lowest BCUT2D eigenvalue weighted by atomic mass is 9.94. The van der Waals surface area contributed by atoms with Crippen LogP contribution in [0.2, 0.25) is 0 Å². The Kier molecular flexibility index (Phi) is 6.35. The molecule has 0 atom stereocenters. The topological polar surface area (TPSA) is 86.6 Å². The van der Waals surface area contributed by atoms with E-state index in [9.17, 15) is 18.6 Å². The van der Waals surface area contributed by atoms with E-state index in [1.165, 1.54) is 0 Å². The van der Waals surface area contributed by atoms with Gasteiger partial charge in [0.05, 0.1) is 3.79 Å². The second-order valence-corrected chi connectivity index (χ2v) is 13.0. The minimum atomic E-state index is -3.78. The number of phenolic OH excluding ortho intramolecular Hbond substituents is 2. The molecule has 0 aliphatic carbocycles. The zero-order chi connectivity index (χ0) is 24.7. The molecule has 5 aromatic rings. The van der Waals surface area contributed by atoms with Crippen molar-refractivity contribution in [2.75, 3.05) is 4.72 Å². The molecular formula is C26H17Br2NO4S2. The Balaban J connectivity index is 1.55. The van der Waals surface area contributed by atoms with Crippen molar-refractivity contribution >= 4 is 69.7 Å². The summed E-state index contributed by atoms with van der Waals surface area (Å²) >= 11 is 7.76. The zero-order valence-electron chi connectivity index (χ0n) is 17.9. The van der Waals surface area contributed by atoms with Gasteiger partial charge in [-0.1, -0.05) is 42.5 Å². The fourth-order valence-corrected chi connectivity index (χ4v) is 7.76. The van der Waals surface area contributed by atoms with Gasteiger partial charge in [0.1, 0.15) is 15.7 Å². The highest BCUT2D eigenvalue weighted by molar-refractivity contribution is 9.13. The quantitative estimate of drug-likeness (QED) is 0.184. The Morgan fingerprint density at radius 1 is 0.771 bits per heavy atom. The van der Waals surface area contributed by atoms with Crippen molar-refractivity contribution in [3.8, 4) is 33.8 Å². The molecule has 1 heterocycles. The van der Waals surface area contributed by atoms with Gasteiger partial charge >= 0.3 is 0 Å². The van der Waals surface area contributed by atoms with Crippen LogP contribution >= 0.6 is 43.2 Å². The number of nitrogens with one attached hydrogen (secondary N) is 1. The van der Waals surface area contributed by atoms with Crippen molar-refractivity contribution in [3.63, 3.8) is 0 Å². The molecule has 0 bridgehead atoms. The van der Waals surface area contributed by atoms with Crippen LogP contribution in [-0.4, -0.2) is 18.6 Å². The number of rotatable bonds is 5. The van der Waals surface area contributed by atoms with E-state index < -0.39 is 10.0 Å². The van der Waals surface area contributed by atoms with Crippen molar-refractivity contribution in [1.29, 1.82) is 0 Å². The van der Waals surface area contributed by atoms with Gasteiger partial charge in [-0.05, 0) is 102 Å². The van der Waals surface area contributed by atoms with Gasteiger partial charge in [0.2, 0.25) is 0 Å². The molecule has 0 amide bonds. The molecule has 1 aromatic heterocycles. The second-order valence-electron chi connectivity index (χ2n) is 7.82. The summed E-state index contributed by atoms with van der Waals surface area (Å²) in [5.41, 5.74) is 3.47. The van der Waals surface area contributed by atoms with Gasteiger partial charge in [0.25, 0.3) is 10.0 Å². The number of thiophene rings is 1. The molecular weight excluding hydrogens is 614 g/mol. The first-order chi connectivity index (χ1) is 16.7. The summed E-state index contributed by atoms with van der Waals surface area (Å²) in [5, 5.41) is 22.3. The van der Waals surface area contributed by atoms with Gasteiger partial charge in [-0.25, -0.2) is 8.42 Å². The van der Waals surface area contributed by atoms with E-state index in [0.717, 1.165) is 33.2 Å². The van der Waals surface area contributed by atoms with Crippen molar-refractivity contribution in [2.45, 2.75) is 4.21 Å². The lowest BCUT2D eigenvalue weighted by molar-refractivity contribution is 0.475. The molecule has 5 rings (SSSR count). The average Bonchev–Trinajstić information content (AvgIpc) is 3.18. The van der Waals surface area contributed by atoms with Crippen molar-refractivity contribution in [1.82, 2.24) is 0 Å². The van der Waals surface area contributed by atoms with Gasteiger partial charge in [0, 0.05) is 15.7 Å². The summed E-state index contributed by atoms with van der Waals surface area (Å²) in [5.74, 6) is 0.282. The van der Waals surface area contributed by atoms with E-state index >= 15 is 0 Å². The molecule has 5 nitrogen and oxygen atoms in total. The van der Waals surface area contributed by atoms with E-state index in [0.29, 0.717) is 25.1 Å². The number of benzene rings is 4. The molecule has 0 saturated carbocycles. The van der Waals surface area contributed by atoms with E-state index in [-0.39, 0.29) is 15.7 Å². The maximum Gasteiger partial charge on any atom is 0.271 e. The summed E-state index contributed by atoms with van der Waals surface area (Å²) in [4.78, 5) is 0. The predicted octanol–water partition coefficient (Wildman–Crippen LogP) is 7.97. The molecule has 0 aliphatic rings. The Labute approximate surface area is 223 Å². The van der Waals surface area contributed by atoms with Crippen molar-refractivity contribution in [3.05, 3.63) is 93.2 Å². The minimum absolute atomic E-state index is 0.0914. The van der Waals surface area contributed by atoms with E-state index in [2.05, 4.69) is 36.6 Å². The monoisotopic (exact) mass is 629 g/mol. The van der Waals surface area contributed by atoms with E-state index in [1.807, 2.05) is 36.4 Å². The molecule has 4 aromatic carbocycles. The van der Waals surface area contributed by atoms with Crippen LogP contribution in [0.4, 0.5) is 5.69 Å². The van der Waals surface area contributed by atoms with Crippen molar-refractivity contribution < 1.29 is 18.6 Å². The third-order valence-electron chi connectivity index (χ3n) is 5.47. The third kappa shape index (κ3) is 4.81. The molecule has 0 saturated heterocycles. The number of halogens is 2. The van der Waals surface area contributed by atoms with Crippen LogP contribution < -0.4 is 4.72 Å². The average molecular weight is 631 g/mol. The fourth-order valence-electron chi connectivity index (χ4n) is 3.89. The highest BCUT2D eigenvalue weighted by atomic mass is 79.9. The minimum Gasteiger partial charge on any atom is -0.508 e. The normalized spacial score (nSPS) is 11.6. The number of phenols is 2. The molecule has 35 heavy (non-hydrogen) atoms. The maximum absolute atomic E-state index is 12.9. The number of sulfonamides is 1. The predicted molar refractivity (Wildman–Crippen MR) is 149 cm³/mol. The molecule has 0 radical (unpaired) electrons. The lowest BCUT2D eigenvalue weighted by Crippen LogP contribution is -2.11. The summed E-state index contributed by atoms with van der Waals surface area (Å²) in [6.07, 6.45) is 0. The van der Waals surface area contributed by atoms with E-state index in [4.69, 9.17) is 0 Å². The molecule has 0 spiro atoms. The Bertz CT molecular complexity index is 1680. The summed E-state index contributed by atoms with van der Waals surface area (Å²) in [7, 11) is -3.78. The summed E-state index contributed by atoms with van der Waals surface area (Å²) in [6, 6.07) is 24.8. The van der Waals surface area contributed by atoms with Crippen LogP contribution in [-0.2, 0) is 10.0 Å². The van der Waals surface area contributed by atoms with Gasteiger partial charge in [0.15, 0.2) is 0 Å². The Hall–Kier alpha value is -2.85. The highest BCUT2D eigenvalue weighted by Gasteiger charge is 2.20. The third-order valence-corrected chi connectivity index (χ3v) is 10.6. The first-order valence-electron chi connectivity index (χ1n) is 10.3. The summed E-state index contributed by atoms with van der Waals surface area (Å²) < 4.78 is 29.9. The number of anilines is 1. The summed E-state index contributed by atoms with van der Waals surface area (Å²) in [6.45, 7) is 0. The van der Waals surface area contributed by atoms with Crippen LogP contribution in [0, 0.1) is 0 Å². The number of aromatic hydroxyl groups is 2. The molecule has 0 aliphatic heterocycles.